The fourth-order valence-electron chi connectivity index (χ4n) is 7.48. The van der Waals surface area contributed by atoms with Crippen molar-refractivity contribution in [3.63, 3.8) is 0 Å². The molecule has 0 heterocycles. The molecule has 0 aliphatic heterocycles. The van der Waals surface area contributed by atoms with E-state index >= 15 is 0 Å². The van der Waals surface area contributed by atoms with Gasteiger partial charge in [0.1, 0.15) is 5.75 Å². The van der Waals surface area contributed by atoms with Crippen molar-refractivity contribution in [2.75, 3.05) is 13.9 Å². The second-order valence-corrected chi connectivity index (χ2v) is 13.6. The molecule has 0 amide bonds. The van der Waals surface area contributed by atoms with Crippen LogP contribution in [0.2, 0.25) is 0 Å². The van der Waals surface area contributed by atoms with Gasteiger partial charge in [-0.1, -0.05) is 68.7 Å². The van der Waals surface area contributed by atoms with Crippen LogP contribution in [0, 0.1) is 17.8 Å². The van der Waals surface area contributed by atoms with Gasteiger partial charge in [-0.3, -0.25) is 0 Å². The van der Waals surface area contributed by atoms with E-state index in [4.69, 9.17) is 9.47 Å². The summed E-state index contributed by atoms with van der Waals surface area (Å²) >= 11 is 3.93. The van der Waals surface area contributed by atoms with Crippen LogP contribution in [0.4, 0.5) is 0 Å². The number of rotatable bonds is 6. The maximum atomic E-state index is 6.52. The smallest absolute Gasteiger partial charge is 0.188 e. The highest BCUT2D eigenvalue weighted by molar-refractivity contribution is 9.10. The Kier molecular flexibility index (Phi) is 6.43. The van der Waals surface area contributed by atoms with E-state index in [1.165, 1.54) is 66.3 Å². The van der Waals surface area contributed by atoms with Gasteiger partial charge in [0.2, 0.25) is 0 Å². The summed E-state index contributed by atoms with van der Waals surface area (Å²) in [6, 6.07) is 11.7. The van der Waals surface area contributed by atoms with Gasteiger partial charge in [-0.25, -0.2) is 0 Å². The molecular formula is C31H41BrO2. The Labute approximate surface area is 214 Å². The van der Waals surface area contributed by atoms with Crippen LogP contribution in [0.15, 0.2) is 34.8 Å². The summed E-state index contributed by atoms with van der Waals surface area (Å²) in [6.45, 7) is 11.8. The first-order chi connectivity index (χ1) is 16.1. The van der Waals surface area contributed by atoms with Crippen LogP contribution in [-0.2, 0) is 15.6 Å². The van der Waals surface area contributed by atoms with E-state index in [0.29, 0.717) is 5.92 Å². The minimum Gasteiger partial charge on any atom is -0.467 e. The van der Waals surface area contributed by atoms with E-state index < -0.39 is 0 Å². The summed E-state index contributed by atoms with van der Waals surface area (Å²) in [7, 11) is 1.72. The largest absolute Gasteiger partial charge is 0.467 e. The topological polar surface area (TPSA) is 18.5 Å². The molecule has 0 unspecified atom stereocenters. The van der Waals surface area contributed by atoms with Crippen LogP contribution in [0.1, 0.15) is 95.8 Å². The second-order valence-electron chi connectivity index (χ2n) is 12.8. The van der Waals surface area contributed by atoms with Crippen LogP contribution in [0.5, 0.6) is 5.75 Å². The average molecular weight is 526 g/mol. The van der Waals surface area contributed by atoms with Crippen molar-refractivity contribution in [3.05, 3.63) is 51.5 Å². The molecule has 2 aromatic carbocycles. The molecule has 2 nitrogen and oxygen atoms in total. The van der Waals surface area contributed by atoms with Crippen LogP contribution < -0.4 is 4.74 Å². The summed E-state index contributed by atoms with van der Waals surface area (Å²) in [6.07, 6.45) is 8.30. The first kappa shape index (κ1) is 24.4. The molecule has 2 aromatic rings. The molecular weight excluding hydrogens is 484 g/mol. The predicted molar refractivity (Wildman–Crippen MR) is 145 cm³/mol. The fraction of sp³-hybridized carbons (Fsp3) is 0.613. The summed E-state index contributed by atoms with van der Waals surface area (Å²) in [5, 5.41) is 0. The molecule has 0 spiro atoms. The van der Waals surface area contributed by atoms with Gasteiger partial charge in [0.15, 0.2) is 6.79 Å². The van der Waals surface area contributed by atoms with Gasteiger partial charge in [0.25, 0.3) is 0 Å². The third-order valence-corrected chi connectivity index (χ3v) is 9.49. The molecule has 4 saturated carbocycles. The van der Waals surface area contributed by atoms with E-state index in [1.807, 2.05) is 0 Å². The van der Waals surface area contributed by atoms with Gasteiger partial charge in [-0.05, 0) is 102 Å². The Morgan fingerprint density at radius 3 is 2.06 bits per heavy atom. The van der Waals surface area contributed by atoms with Gasteiger partial charge >= 0.3 is 0 Å². The SMILES string of the molecule is COCOc1c(-c2ccc(C(C)C)cc2Br)cc(C(C)(C)C)cc1C12CC3CC(CC(C3)C1)C2. The van der Waals surface area contributed by atoms with E-state index in [-0.39, 0.29) is 17.6 Å². The zero-order valence-electron chi connectivity index (χ0n) is 21.8. The highest BCUT2D eigenvalue weighted by Gasteiger charge is 2.53. The molecule has 184 valence electrons. The number of benzene rings is 2. The third kappa shape index (κ3) is 4.37. The number of methoxy groups -OCH3 is 1. The fourth-order valence-corrected chi connectivity index (χ4v) is 8.09. The van der Waals surface area contributed by atoms with Crippen LogP contribution in [0.3, 0.4) is 0 Å². The van der Waals surface area contributed by atoms with E-state index in [1.54, 1.807) is 7.11 Å². The van der Waals surface area contributed by atoms with Crippen molar-refractivity contribution in [2.45, 2.75) is 89.9 Å². The Bertz CT molecular complexity index is 1030. The Morgan fingerprint density at radius 2 is 1.56 bits per heavy atom. The minimum atomic E-state index is 0.0654. The normalized spacial score (nSPS) is 28.1. The lowest BCUT2D eigenvalue weighted by atomic mass is 9.47. The van der Waals surface area contributed by atoms with Crippen LogP contribution in [0.25, 0.3) is 11.1 Å². The van der Waals surface area contributed by atoms with Crippen LogP contribution >= 0.6 is 15.9 Å². The van der Waals surface area contributed by atoms with E-state index in [9.17, 15) is 0 Å². The van der Waals surface area contributed by atoms with Crippen molar-refractivity contribution in [3.8, 4) is 16.9 Å². The molecule has 34 heavy (non-hydrogen) atoms. The molecule has 0 radical (unpaired) electrons. The molecule has 4 aliphatic carbocycles. The lowest BCUT2D eigenvalue weighted by Crippen LogP contribution is -2.48. The third-order valence-electron chi connectivity index (χ3n) is 8.84. The predicted octanol–water partition coefficient (Wildman–Crippen LogP) is 8.99. The monoisotopic (exact) mass is 524 g/mol. The summed E-state index contributed by atoms with van der Waals surface area (Å²) in [5.41, 5.74) is 6.94. The zero-order chi connectivity index (χ0) is 24.3. The second kappa shape index (κ2) is 8.96. The zero-order valence-corrected chi connectivity index (χ0v) is 23.4. The van der Waals surface area contributed by atoms with Gasteiger partial charge in [-0.15, -0.1) is 0 Å². The molecule has 6 rings (SSSR count). The highest BCUT2D eigenvalue weighted by Crippen LogP contribution is 2.63. The molecule has 0 aromatic heterocycles. The number of hydrogen-bond acceptors (Lipinski definition) is 2. The molecule has 3 heteroatoms. The lowest BCUT2D eigenvalue weighted by Gasteiger charge is -2.57. The Morgan fingerprint density at radius 1 is 0.941 bits per heavy atom. The maximum Gasteiger partial charge on any atom is 0.188 e. The number of hydrogen-bond donors (Lipinski definition) is 0. The minimum absolute atomic E-state index is 0.0654. The summed E-state index contributed by atoms with van der Waals surface area (Å²) < 4.78 is 13.1. The summed E-state index contributed by atoms with van der Waals surface area (Å²) in [4.78, 5) is 0. The van der Waals surface area contributed by atoms with Crippen LogP contribution in [-0.4, -0.2) is 13.9 Å². The number of halogens is 1. The average Bonchev–Trinajstić information content (AvgIpc) is 2.75. The molecule has 0 N–H and O–H groups in total. The van der Waals surface area contributed by atoms with Crippen molar-refractivity contribution < 1.29 is 9.47 Å². The highest BCUT2D eigenvalue weighted by atomic mass is 79.9. The van der Waals surface area contributed by atoms with Gasteiger partial charge in [-0.2, -0.15) is 0 Å². The van der Waals surface area contributed by atoms with Crippen molar-refractivity contribution >= 4 is 15.9 Å². The van der Waals surface area contributed by atoms with Crippen molar-refractivity contribution in [2.24, 2.45) is 17.8 Å². The maximum absolute atomic E-state index is 6.52. The van der Waals surface area contributed by atoms with Gasteiger partial charge < -0.3 is 9.47 Å². The Balaban J connectivity index is 1.73. The molecule has 4 fully saturated rings. The van der Waals surface area contributed by atoms with Crippen molar-refractivity contribution in [1.82, 2.24) is 0 Å². The molecule has 4 aliphatic rings. The van der Waals surface area contributed by atoms with E-state index in [2.05, 4.69) is 80.9 Å². The molecule has 4 bridgehead atoms. The van der Waals surface area contributed by atoms with Gasteiger partial charge in [0.05, 0.1) is 0 Å². The quantitative estimate of drug-likeness (QED) is 0.351. The number of ether oxygens (including phenoxy) is 2. The molecule has 0 saturated heterocycles. The van der Waals surface area contributed by atoms with Crippen molar-refractivity contribution in [1.29, 1.82) is 0 Å². The first-order valence-corrected chi connectivity index (χ1v) is 14.0. The molecule has 0 atom stereocenters. The Hall–Kier alpha value is -1.32. The van der Waals surface area contributed by atoms with Gasteiger partial charge in [0, 0.05) is 22.7 Å². The standard InChI is InChI=1S/C31H41BrO2/c1-19(2)23-7-8-25(28(32)12-23)26-13-24(30(3,4)5)14-27(29(26)34-18-33-6)31-15-20-9-21(16-31)11-22(10-20)17-31/h7-8,12-14,19-22H,9-11,15-18H2,1-6H3. The summed E-state index contributed by atoms with van der Waals surface area (Å²) in [5.74, 6) is 4.22. The first-order valence-electron chi connectivity index (χ1n) is 13.2. The lowest BCUT2D eigenvalue weighted by molar-refractivity contribution is -0.00881. The van der Waals surface area contributed by atoms with E-state index in [0.717, 1.165) is 28.0 Å².